The Kier molecular flexibility index (Phi) is 4.71. The van der Waals surface area contributed by atoms with Crippen LogP contribution in [-0.4, -0.2) is 55.9 Å². The Morgan fingerprint density at radius 2 is 1.77 bits per heavy atom. The molecule has 6 heteroatoms. The predicted octanol–water partition coefficient (Wildman–Crippen LogP) is 1.76. The van der Waals surface area contributed by atoms with Gasteiger partial charge in [-0.2, -0.15) is 0 Å². The first-order valence-corrected chi connectivity index (χ1v) is 11.0. The van der Waals surface area contributed by atoms with Crippen molar-refractivity contribution in [2.24, 2.45) is 0 Å². The van der Waals surface area contributed by atoms with Crippen LogP contribution in [0, 0.1) is 0 Å². The van der Waals surface area contributed by atoms with Crippen molar-refractivity contribution in [2.45, 2.75) is 31.3 Å². The summed E-state index contributed by atoms with van der Waals surface area (Å²) >= 11 is 0. The molecule has 2 aromatic rings. The lowest BCUT2D eigenvalue weighted by Gasteiger charge is -2.28. The fourth-order valence-corrected chi connectivity index (χ4v) is 6.14. The third kappa shape index (κ3) is 3.76. The molecule has 2 heterocycles. The maximum atomic E-state index is 12.6. The highest BCUT2D eigenvalue weighted by Gasteiger charge is 2.42. The van der Waals surface area contributed by atoms with Crippen LogP contribution in [0.5, 0.6) is 0 Å². The van der Waals surface area contributed by atoms with Crippen LogP contribution in [0.25, 0.3) is 10.8 Å². The number of nitrogens with zero attached hydrogens (tertiary/aromatic N) is 1. The number of likely N-dealkylation sites (tertiary alicyclic amines) is 1. The molecule has 0 radical (unpaired) electrons. The number of nitrogens with one attached hydrogen (secondary N) is 1. The molecular weight excluding hydrogens is 348 g/mol. The quantitative estimate of drug-likeness (QED) is 0.888. The lowest BCUT2D eigenvalue weighted by atomic mass is 10.0. The fraction of sp³-hybridized carbons (Fsp3) is 0.450. The maximum Gasteiger partial charge on any atom is 0.224 e. The van der Waals surface area contributed by atoms with Crippen LogP contribution in [0.15, 0.2) is 42.5 Å². The van der Waals surface area contributed by atoms with Crippen molar-refractivity contribution in [3.8, 4) is 0 Å². The molecule has 1 amide bonds. The van der Waals surface area contributed by atoms with Crippen molar-refractivity contribution < 1.29 is 13.2 Å². The number of hydrogen-bond acceptors (Lipinski definition) is 4. The molecule has 0 aromatic heterocycles. The summed E-state index contributed by atoms with van der Waals surface area (Å²) in [5.74, 6) is 0.109. The van der Waals surface area contributed by atoms with Gasteiger partial charge in [-0.25, -0.2) is 8.42 Å². The van der Waals surface area contributed by atoms with Gasteiger partial charge in [-0.1, -0.05) is 42.5 Å². The van der Waals surface area contributed by atoms with E-state index in [9.17, 15) is 13.2 Å². The summed E-state index contributed by atoms with van der Waals surface area (Å²) < 4.78 is 24.2. The largest absolute Gasteiger partial charge is 0.350 e. The van der Waals surface area contributed by atoms with E-state index in [0.717, 1.165) is 42.3 Å². The normalized spacial score (nSPS) is 25.5. The van der Waals surface area contributed by atoms with E-state index in [-0.39, 0.29) is 35.9 Å². The van der Waals surface area contributed by atoms with Gasteiger partial charge in [0, 0.05) is 6.04 Å². The predicted molar refractivity (Wildman–Crippen MR) is 103 cm³/mol. The number of sulfone groups is 1. The van der Waals surface area contributed by atoms with E-state index in [2.05, 4.69) is 10.2 Å². The zero-order chi connectivity index (χ0) is 18.1. The molecule has 0 unspecified atom stereocenters. The molecule has 2 aliphatic rings. The van der Waals surface area contributed by atoms with Crippen LogP contribution < -0.4 is 5.32 Å². The Labute approximate surface area is 154 Å². The van der Waals surface area contributed by atoms with Crippen LogP contribution in [0.3, 0.4) is 0 Å². The summed E-state index contributed by atoms with van der Waals surface area (Å²) in [5, 5.41) is 5.25. The van der Waals surface area contributed by atoms with Gasteiger partial charge in [-0.3, -0.25) is 9.69 Å². The van der Waals surface area contributed by atoms with Gasteiger partial charge in [-0.15, -0.1) is 0 Å². The first-order valence-electron chi connectivity index (χ1n) is 9.22. The number of amides is 1. The summed E-state index contributed by atoms with van der Waals surface area (Å²) in [7, 11) is -3.09. The smallest absolute Gasteiger partial charge is 0.224 e. The summed E-state index contributed by atoms with van der Waals surface area (Å²) in [6.07, 6.45) is 2.48. The standard InChI is InChI=1S/C20H24N2O3S/c23-20(12-15-7-8-16-5-1-2-6-17(16)11-15)21-18-13-26(24,25)14-19(18)22-9-3-4-10-22/h1-2,5-8,11,18-19H,3-4,9-10,12-14H2,(H,21,23)/t18-,19-/m1/s1. The van der Waals surface area contributed by atoms with Gasteiger partial charge in [0.05, 0.1) is 24.0 Å². The highest BCUT2D eigenvalue weighted by Crippen LogP contribution is 2.23. The van der Waals surface area contributed by atoms with Gasteiger partial charge < -0.3 is 5.32 Å². The van der Waals surface area contributed by atoms with E-state index in [4.69, 9.17) is 0 Å². The number of benzene rings is 2. The molecule has 4 rings (SSSR count). The number of fused-ring (bicyclic) bond motifs is 1. The highest BCUT2D eigenvalue weighted by atomic mass is 32.2. The summed E-state index contributed by atoms with van der Waals surface area (Å²) in [4.78, 5) is 14.8. The van der Waals surface area contributed by atoms with E-state index < -0.39 is 9.84 Å². The molecule has 2 aromatic carbocycles. The first kappa shape index (κ1) is 17.5. The van der Waals surface area contributed by atoms with Crippen molar-refractivity contribution in [3.63, 3.8) is 0 Å². The van der Waals surface area contributed by atoms with E-state index in [0.29, 0.717) is 0 Å². The maximum absolute atomic E-state index is 12.6. The highest BCUT2D eigenvalue weighted by molar-refractivity contribution is 7.91. The number of carbonyl (C=O) groups is 1. The molecule has 0 saturated carbocycles. The lowest BCUT2D eigenvalue weighted by Crippen LogP contribution is -2.50. The number of hydrogen-bond donors (Lipinski definition) is 1. The van der Waals surface area contributed by atoms with Crippen molar-refractivity contribution >= 4 is 26.5 Å². The molecule has 0 bridgehead atoms. The molecular formula is C20H24N2O3S. The van der Waals surface area contributed by atoms with Gasteiger partial charge in [0.25, 0.3) is 0 Å². The molecule has 2 aliphatic heterocycles. The minimum Gasteiger partial charge on any atom is -0.350 e. The average molecular weight is 372 g/mol. The Hall–Kier alpha value is -1.92. The molecule has 26 heavy (non-hydrogen) atoms. The Morgan fingerprint density at radius 3 is 2.54 bits per heavy atom. The second-order valence-electron chi connectivity index (χ2n) is 7.42. The SMILES string of the molecule is O=C(Cc1ccc2ccccc2c1)N[C@@H]1CS(=O)(=O)C[C@H]1N1CCCC1. The summed E-state index contributed by atoms with van der Waals surface area (Å²) in [6.45, 7) is 1.86. The van der Waals surface area contributed by atoms with Crippen LogP contribution in [-0.2, 0) is 21.1 Å². The van der Waals surface area contributed by atoms with Crippen LogP contribution in [0.1, 0.15) is 18.4 Å². The van der Waals surface area contributed by atoms with E-state index in [1.807, 2.05) is 42.5 Å². The van der Waals surface area contributed by atoms with Crippen LogP contribution in [0.2, 0.25) is 0 Å². The van der Waals surface area contributed by atoms with Gasteiger partial charge >= 0.3 is 0 Å². The first-order chi connectivity index (χ1) is 12.5. The molecule has 5 nitrogen and oxygen atoms in total. The van der Waals surface area contributed by atoms with Crippen molar-refractivity contribution in [1.29, 1.82) is 0 Å². The zero-order valence-electron chi connectivity index (χ0n) is 14.7. The van der Waals surface area contributed by atoms with Crippen molar-refractivity contribution in [2.75, 3.05) is 24.6 Å². The van der Waals surface area contributed by atoms with E-state index in [1.54, 1.807) is 0 Å². The van der Waals surface area contributed by atoms with E-state index >= 15 is 0 Å². The minimum atomic E-state index is -3.09. The Bertz CT molecular complexity index is 920. The van der Waals surface area contributed by atoms with Gasteiger partial charge in [0.1, 0.15) is 0 Å². The average Bonchev–Trinajstić information content (AvgIpc) is 3.22. The van der Waals surface area contributed by atoms with Gasteiger partial charge in [0.2, 0.25) is 5.91 Å². The van der Waals surface area contributed by atoms with Gasteiger partial charge in [0.15, 0.2) is 9.84 Å². The van der Waals surface area contributed by atoms with Crippen LogP contribution >= 0.6 is 0 Å². The fourth-order valence-electron chi connectivity index (χ4n) is 4.19. The molecule has 2 fully saturated rings. The van der Waals surface area contributed by atoms with E-state index in [1.165, 1.54) is 0 Å². The number of carbonyl (C=O) groups excluding carboxylic acids is 1. The molecule has 1 N–H and O–H groups in total. The lowest BCUT2D eigenvalue weighted by molar-refractivity contribution is -0.121. The summed E-state index contributed by atoms with van der Waals surface area (Å²) in [6, 6.07) is 13.7. The third-order valence-electron chi connectivity index (χ3n) is 5.46. The molecule has 0 spiro atoms. The van der Waals surface area contributed by atoms with Crippen LogP contribution in [0.4, 0.5) is 0 Å². The van der Waals surface area contributed by atoms with Gasteiger partial charge in [-0.05, 0) is 42.3 Å². The molecule has 2 atom stereocenters. The topological polar surface area (TPSA) is 66.5 Å². The zero-order valence-corrected chi connectivity index (χ0v) is 15.5. The monoisotopic (exact) mass is 372 g/mol. The second-order valence-corrected chi connectivity index (χ2v) is 9.57. The number of rotatable bonds is 4. The second kappa shape index (κ2) is 7.00. The third-order valence-corrected chi connectivity index (χ3v) is 7.17. The Morgan fingerprint density at radius 1 is 1.04 bits per heavy atom. The minimum absolute atomic E-state index is 0.0532. The molecule has 0 aliphatic carbocycles. The van der Waals surface area contributed by atoms with Crippen molar-refractivity contribution in [1.82, 2.24) is 10.2 Å². The molecule has 138 valence electrons. The summed E-state index contributed by atoms with van der Waals surface area (Å²) in [5.41, 5.74) is 0.944. The van der Waals surface area contributed by atoms with Crippen molar-refractivity contribution in [3.05, 3.63) is 48.0 Å². The molecule has 2 saturated heterocycles. The Balaban J connectivity index is 1.45.